The Hall–Kier alpha value is -1.05. The van der Waals surface area contributed by atoms with Gasteiger partial charge in [-0.2, -0.15) is 0 Å². The predicted octanol–water partition coefficient (Wildman–Crippen LogP) is 2.56. The van der Waals surface area contributed by atoms with Crippen LogP contribution in [0.3, 0.4) is 0 Å². The van der Waals surface area contributed by atoms with E-state index in [0.717, 1.165) is 6.42 Å². The highest BCUT2D eigenvalue weighted by Crippen LogP contribution is 2.05. The molecule has 1 aromatic heterocycles. The number of hydrogen-bond donors (Lipinski definition) is 0. The van der Waals surface area contributed by atoms with Crippen LogP contribution in [-0.2, 0) is 0 Å². The van der Waals surface area contributed by atoms with E-state index >= 15 is 0 Å². The van der Waals surface area contributed by atoms with E-state index in [1.165, 1.54) is 0 Å². The molecule has 0 radical (unpaired) electrons. The Morgan fingerprint density at radius 3 is 2.42 bits per heavy atom. The maximum absolute atomic E-state index is 11.4. The van der Waals surface area contributed by atoms with E-state index in [1.807, 2.05) is 12.1 Å². The van der Waals surface area contributed by atoms with Gasteiger partial charge in [-0.3, -0.25) is 9.36 Å². The van der Waals surface area contributed by atoms with Gasteiger partial charge in [0.05, 0.1) is 0 Å². The molecule has 1 rings (SSSR count). The molecule has 0 amide bonds. The first-order valence-corrected chi connectivity index (χ1v) is 4.36. The molecule has 0 saturated carbocycles. The summed E-state index contributed by atoms with van der Waals surface area (Å²) in [6, 6.07) is 3.74. The molecule has 1 heterocycles. The number of hydrogen-bond acceptors (Lipinski definition) is 1. The summed E-state index contributed by atoms with van der Waals surface area (Å²) in [7, 11) is 0. The molecule has 0 atom stereocenters. The largest absolute Gasteiger partial charge is 0.295 e. The summed E-state index contributed by atoms with van der Waals surface area (Å²) in [5.41, 5.74) is 0. The van der Waals surface area contributed by atoms with E-state index in [4.69, 9.17) is 0 Å². The summed E-state index contributed by atoms with van der Waals surface area (Å²) in [5, 5.41) is 0. The minimum atomic E-state index is 0.189. The summed E-state index contributed by atoms with van der Waals surface area (Å²) in [5.74, 6) is 0.790. The van der Waals surface area contributed by atoms with Gasteiger partial charge < -0.3 is 0 Å². The van der Waals surface area contributed by atoms with Gasteiger partial charge in [-0.05, 0) is 24.5 Å². The van der Waals surface area contributed by atoms with Gasteiger partial charge in [0.25, 0.3) is 0 Å². The zero-order valence-corrected chi connectivity index (χ0v) is 7.66. The third-order valence-electron chi connectivity index (χ3n) is 1.83. The highest BCUT2D eigenvalue weighted by Gasteiger charge is 2.03. The zero-order valence-electron chi connectivity index (χ0n) is 7.66. The fraction of sp³-hybridized carbons (Fsp3) is 0.500. The summed E-state index contributed by atoms with van der Waals surface area (Å²) in [4.78, 5) is 11.4. The lowest BCUT2D eigenvalue weighted by Gasteiger charge is -2.03. The van der Waals surface area contributed by atoms with E-state index in [9.17, 15) is 4.79 Å². The van der Waals surface area contributed by atoms with E-state index in [0.29, 0.717) is 12.3 Å². The molecule has 0 aliphatic carbocycles. The van der Waals surface area contributed by atoms with Crippen LogP contribution in [0, 0.1) is 5.92 Å². The average Bonchev–Trinajstić information content (AvgIpc) is 2.51. The Balaban J connectivity index is 2.40. The minimum Gasteiger partial charge on any atom is -0.295 e. The van der Waals surface area contributed by atoms with Crippen molar-refractivity contribution >= 4 is 5.91 Å². The minimum absolute atomic E-state index is 0.189. The number of nitrogens with zero attached hydrogens (tertiary/aromatic N) is 1. The van der Waals surface area contributed by atoms with Gasteiger partial charge in [0.1, 0.15) is 0 Å². The van der Waals surface area contributed by atoms with E-state index in [1.54, 1.807) is 17.0 Å². The van der Waals surface area contributed by atoms with Crippen LogP contribution in [0.5, 0.6) is 0 Å². The molecular weight excluding hydrogens is 150 g/mol. The molecule has 0 bridgehead atoms. The van der Waals surface area contributed by atoms with Crippen LogP contribution in [0.2, 0.25) is 0 Å². The Bertz CT molecular complexity index is 236. The fourth-order valence-corrected chi connectivity index (χ4v) is 1.04. The maximum atomic E-state index is 11.4. The van der Waals surface area contributed by atoms with Crippen LogP contribution in [0.15, 0.2) is 24.5 Å². The number of carbonyl (C=O) groups is 1. The van der Waals surface area contributed by atoms with Gasteiger partial charge in [0, 0.05) is 18.8 Å². The molecule has 2 heteroatoms. The van der Waals surface area contributed by atoms with Gasteiger partial charge in [-0.15, -0.1) is 0 Å². The van der Waals surface area contributed by atoms with Crippen LogP contribution in [0.1, 0.15) is 31.5 Å². The Kier molecular flexibility index (Phi) is 3.09. The normalized spacial score (nSPS) is 10.6. The van der Waals surface area contributed by atoms with Crippen molar-refractivity contribution in [3.05, 3.63) is 24.5 Å². The average molecular weight is 165 g/mol. The van der Waals surface area contributed by atoms with Crippen molar-refractivity contribution in [2.24, 2.45) is 5.92 Å². The van der Waals surface area contributed by atoms with Crippen LogP contribution >= 0.6 is 0 Å². The lowest BCUT2D eigenvalue weighted by Crippen LogP contribution is -2.08. The lowest BCUT2D eigenvalue weighted by molar-refractivity contribution is 0.0895. The molecular formula is C10H15NO. The third kappa shape index (κ3) is 2.53. The molecule has 0 spiro atoms. The molecule has 0 fully saturated rings. The quantitative estimate of drug-likeness (QED) is 0.674. The van der Waals surface area contributed by atoms with E-state index in [-0.39, 0.29) is 5.91 Å². The van der Waals surface area contributed by atoms with Crippen molar-refractivity contribution < 1.29 is 4.79 Å². The van der Waals surface area contributed by atoms with E-state index in [2.05, 4.69) is 13.8 Å². The van der Waals surface area contributed by atoms with Gasteiger partial charge >= 0.3 is 0 Å². The fourth-order valence-electron chi connectivity index (χ4n) is 1.04. The second-order valence-corrected chi connectivity index (χ2v) is 3.42. The molecule has 0 aliphatic rings. The van der Waals surface area contributed by atoms with Gasteiger partial charge in [0.2, 0.25) is 5.91 Å². The number of rotatable bonds is 3. The SMILES string of the molecule is CC(C)CCC(=O)n1cccc1. The lowest BCUT2D eigenvalue weighted by atomic mass is 10.1. The standard InChI is InChI=1S/C10H15NO/c1-9(2)5-6-10(12)11-7-3-4-8-11/h3-4,7-9H,5-6H2,1-2H3. The van der Waals surface area contributed by atoms with Crippen LogP contribution in [0.25, 0.3) is 0 Å². The first kappa shape index (κ1) is 9.04. The molecule has 66 valence electrons. The van der Waals surface area contributed by atoms with Gasteiger partial charge in [0.15, 0.2) is 0 Å². The number of aromatic nitrogens is 1. The van der Waals surface area contributed by atoms with Crippen molar-refractivity contribution in [3.63, 3.8) is 0 Å². The summed E-state index contributed by atoms with van der Waals surface area (Å²) in [6.45, 7) is 4.26. The zero-order chi connectivity index (χ0) is 8.97. The molecule has 0 aliphatic heterocycles. The Morgan fingerprint density at radius 2 is 1.92 bits per heavy atom. The molecule has 0 saturated heterocycles. The van der Waals surface area contributed by atoms with Crippen LogP contribution in [0.4, 0.5) is 0 Å². The monoisotopic (exact) mass is 165 g/mol. The third-order valence-corrected chi connectivity index (χ3v) is 1.83. The molecule has 0 unspecified atom stereocenters. The van der Waals surface area contributed by atoms with Crippen molar-refractivity contribution in [1.82, 2.24) is 4.57 Å². The highest BCUT2D eigenvalue weighted by atomic mass is 16.1. The first-order valence-electron chi connectivity index (χ1n) is 4.36. The molecule has 1 aromatic rings. The Labute approximate surface area is 73.2 Å². The van der Waals surface area contributed by atoms with Crippen LogP contribution in [-0.4, -0.2) is 10.5 Å². The number of carbonyl (C=O) groups excluding carboxylic acids is 1. The summed E-state index contributed by atoms with van der Waals surface area (Å²) in [6.07, 6.45) is 5.20. The Morgan fingerprint density at radius 1 is 1.33 bits per heavy atom. The van der Waals surface area contributed by atoms with Crippen LogP contribution < -0.4 is 0 Å². The predicted molar refractivity (Wildman–Crippen MR) is 49.1 cm³/mol. The topological polar surface area (TPSA) is 22.0 Å². The first-order chi connectivity index (χ1) is 5.70. The second kappa shape index (κ2) is 4.10. The van der Waals surface area contributed by atoms with Crippen molar-refractivity contribution in [2.75, 3.05) is 0 Å². The van der Waals surface area contributed by atoms with Gasteiger partial charge in [-0.1, -0.05) is 13.8 Å². The summed E-state index contributed by atoms with van der Waals surface area (Å²) >= 11 is 0. The molecule has 0 aromatic carbocycles. The highest BCUT2D eigenvalue weighted by molar-refractivity contribution is 5.78. The molecule has 0 N–H and O–H groups in total. The second-order valence-electron chi connectivity index (χ2n) is 3.42. The molecule has 2 nitrogen and oxygen atoms in total. The van der Waals surface area contributed by atoms with E-state index < -0.39 is 0 Å². The molecule has 12 heavy (non-hydrogen) atoms. The van der Waals surface area contributed by atoms with Crippen molar-refractivity contribution in [1.29, 1.82) is 0 Å². The van der Waals surface area contributed by atoms with Gasteiger partial charge in [-0.25, -0.2) is 0 Å². The van der Waals surface area contributed by atoms with Crippen molar-refractivity contribution in [3.8, 4) is 0 Å². The maximum Gasteiger partial charge on any atom is 0.230 e. The summed E-state index contributed by atoms with van der Waals surface area (Å²) < 4.78 is 1.64. The van der Waals surface area contributed by atoms with Crippen molar-refractivity contribution in [2.45, 2.75) is 26.7 Å². The smallest absolute Gasteiger partial charge is 0.230 e.